The molecule has 5 saturated heterocycles. The van der Waals surface area contributed by atoms with E-state index in [-0.39, 0.29) is 42.6 Å². The summed E-state index contributed by atoms with van der Waals surface area (Å²) in [4.78, 5) is 43.6. The van der Waals surface area contributed by atoms with Crippen LogP contribution in [0.25, 0.3) is 0 Å². The molecule has 0 radical (unpaired) electrons. The SMILES string of the molecule is CC1=CC(=O)C2C(C)C(=O)C3C4(COC5(C4Cl)N4CC6CC(C)CC4(CCC5(C)C34COC(=O)C4)O6)C2C1. The largest absolute Gasteiger partial charge is 0.465 e. The minimum absolute atomic E-state index is 0.0349. The maximum atomic E-state index is 14.6. The predicted molar refractivity (Wildman–Crippen MR) is 137 cm³/mol. The van der Waals surface area contributed by atoms with Crippen LogP contribution < -0.4 is 0 Å². The minimum atomic E-state index is -0.903. The molecule has 0 aromatic rings. The molecule has 7 fully saturated rings. The number of hydrogen-bond donors (Lipinski definition) is 0. The third-order valence-electron chi connectivity index (χ3n) is 13.0. The summed E-state index contributed by atoms with van der Waals surface area (Å²) in [5, 5.41) is -0.510. The molecule has 5 aliphatic heterocycles. The average Bonchev–Trinajstić information content (AvgIpc) is 3.45. The van der Waals surface area contributed by atoms with Crippen LogP contribution in [0.15, 0.2) is 11.6 Å². The van der Waals surface area contributed by atoms with E-state index in [9.17, 15) is 14.4 Å². The zero-order valence-corrected chi connectivity index (χ0v) is 23.5. The van der Waals surface area contributed by atoms with E-state index in [4.69, 9.17) is 25.8 Å². The van der Waals surface area contributed by atoms with Crippen LogP contribution in [0.2, 0.25) is 0 Å². The molecule has 206 valence electrons. The number of carbonyl (C=O) groups is 3. The summed E-state index contributed by atoms with van der Waals surface area (Å²) in [7, 11) is 0. The molecule has 12 atom stereocenters. The number of alkyl halides is 1. The van der Waals surface area contributed by atoms with Crippen molar-refractivity contribution in [2.24, 2.45) is 45.8 Å². The van der Waals surface area contributed by atoms with E-state index in [0.717, 1.165) is 44.2 Å². The van der Waals surface area contributed by atoms with Gasteiger partial charge in [-0.1, -0.05) is 26.3 Å². The van der Waals surface area contributed by atoms with E-state index in [2.05, 4.69) is 18.7 Å². The lowest BCUT2D eigenvalue weighted by molar-refractivity contribution is -0.332. The highest BCUT2D eigenvalue weighted by Gasteiger charge is 2.89. The maximum absolute atomic E-state index is 14.6. The maximum Gasteiger partial charge on any atom is 0.306 e. The van der Waals surface area contributed by atoms with Gasteiger partial charge in [0.2, 0.25) is 0 Å². The van der Waals surface area contributed by atoms with Crippen LogP contribution in [-0.4, -0.2) is 65.1 Å². The number of rotatable bonds is 0. The molecule has 0 aromatic carbocycles. The van der Waals surface area contributed by atoms with E-state index in [1.54, 1.807) is 6.08 Å². The third kappa shape index (κ3) is 2.35. The standard InChI is InChI=1S/C30H38ClNO6/c1-15-8-19-22(20(33)9-15)17(3)23(35)24-27(11-21(34)36-13-27)26(4)5-6-28-10-16(2)7-18(38-28)12-32(28)30(26)25(31)29(19,24)14-37-30/h9,16-19,22,24-25H,5-8,10-14H2,1-4H3. The van der Waals surface area contributed by atoms with Gasteiger partial charge in [-0.2, -0.15) is 0 Å². The van der Waals surface area contributed by atoms with Crippen LogP contribution in [-0.2, 0) is 28.6 Å². The quantitative estimate of drug-likeness (QED) is 0.339. The Labute approximate surface area is 228 Å². The lowest BCUT2D eigenvalue weighted by atomic mass is 9.34. The summed E-state index contributed by atoms with van der Waals surface area (Å²) in [5.41, 5.74) is -2.39. The van der Waals surface area contributed by atoms with Gasteiger partial charge in [0.1, 0.15) is 17.2 Å². The number of allylic oxidation sites excluding steroid dienone is 2. The molecule has 7 nitrogen and oxygen atoms in total. The number of halogens is 1. The van der Waals surface area contributed by atoms with Crippen LogP contribution >= 0.6 is 11.6 Å². The number of Topliss-reactive ketones (excluding diaryl/α,β-unsaturated/α-hetero) is 1. The number of nitrogens with zero attached hydrogens (tertiary/aromatic N) is 1. The highest BCUT2D eigenvalue weighted by atomic mass is 35.5. The number of cyclic esters (lactones) is 1. The topological polar surface area (TPSA) is 82.1 Å². The van der Waals surface area contributed by atoms with E-state index in [0.29, 0.717) is 12.5 Å². The Morgan fingerprint density at radius 2 is 1.92 bits per heavy atom. The summed E-state index contributed by atoms with van der Waals surface area (Å²) in [6.07, 6.45) is 6.29. The molecule has 8 heteroatoms. The molecule has 2 saturated carbocycles. The molecule has 5 heterocycles. The molecular weight excluding hydrogens is 506 g/mol. The summed E-state index contributed by atoms with van der Waals surface area (Å²) in [6.45, 7) is 9.73. The Morgan fingerprint density at radius 1 is 1.13 bits per heavy atom. The second kappa shape index (κ2) is 7.13. The van der Waals surface area contributed by atoms with Gasteiger partial charge < -0.3 is 14.2 Å². The van der Waals surface area contributed by atoms with Crippen molar-refractivity contribution < 1.29 is 28.6 Å². The van der Waals surface area contributed by atoms with Gasteiger partial charge in [-0.3, -0.25) is 14.4 Å². The summed E-state index contributed by atoms with van der Waals surface area (Å²) in [5.74, 6) is -1.04. The first kappa shape index (κ1) is 24.5. The fraction of sp³-hybridized carbons (Fsp3) is 0.833. The van der Waals surface area contributed by atoms with E-state index < -0.39 is 50.8 Å². The van der Waals surface area contributed by atoms with Crippen LogP contribution in [0.5, 0.6) is 0 Å². The van der Waals surface area contributed by atoms with Gasteiger partial charge >= 0.3 is 5.97 Å². The van der Waals surface area contributed by atoms with Crippen molar-refractivity contribution >= 4 is 29.1 Å². The molecule has 8 rings (SSSR count). The van der Waals surface area contributed by atoms with Crippen molar-refractivity contribution in [1.29, 1.82) is 0 Å². The second-order valence-corrected chi connectivity index (χ2v) is 14.9. The molecule has 4 spiro atoms. The number of hydrogen-bond acceptors (Lipinski definition) is 7. The molecule has 8 aliphatic rings. The first-order valence-corrected chi connectivity index (χ1v) is 15.0. The lowest BCUT2D eigenvalue weighted by Gasteiger charge is -2.73. The number of esters is 1. The molecule has 38 heavy (non-hydrogen) atoms. The zero-order valence-electron chi connectivity index (χ0n) is 22.8. The van der Waals surface area contributed by atoms with E-state index in [1.807, 2.05) is 13.8 Å². The predicted octanol–water partition coefficient (Wildman–Crippen LogP) is 3.87. The van der Waals surface area contributed by atoms with Gasteiger partial charge in [0, 0.05) is 40.5 Å². The highest BCUT2D eigenvalue weighted by Crippen LogP contribution is 2.80. The molecule has 0 N–H and O–H groups in total. The number of ether oxygens (including phenoxy) is 3. The van der Waals surface area contributed by atoms with Crippen LogP contribution in [0.4, 0.5) is 0 Å². The van der Waals surface area contributed by atoms with Gasteiger partial charge in [-0.05, 0) is 56.9 Å². The number of carbonyl (C=O) groups excluding carboxylic acids is 3. The van der Waals surface area contributed by atoms with Gasteiger partial charge in [0.05, 0.1) is 31.1 Å². The third-order valence-corrected chi connectivity index (χ3v) is 13.7. The lowest BCUT2D eigenvalue weighted by Crippen LogP contribution is -2.82. The Morgan fingerprint density at radius 3 is 2.66 bits per heavy atom. The van der Waals surface area contributed by atoms with Gasteiger partial charge in [-0.25, -0.2) is 4.90 Å². The first-order chi connectivity index (χ1) is 18.0. The normalized spacial score (nSPS) is 58.7. The minimum Gasteiger partial charge on any atom is -0.465 e. The van der Waals surface area contributed by atoms with Crippen molar-refractivity contribution in [1.82, 2.24) is 4.90 Å². The number of fused-ring (bicyclic) bond motifs is 4. The van der Waals surface area contributed by atoms with Crippen LogP contribution in [0, 0.1) is 45.8 Å². The highest BCUT2D eigenvalue weighted by molar-refractivity contribution is 6.23. The molecular formula is C30H38ClNO6. The Bertz CT molecular complexity index is 1220. The van der Waals surface area contributed by atoms with E-state index >= 15 is 0 Å². The second-order valence-electron chi connectivity index (χ2n) is 14.5. The number of piperidine rings is 1. The Balaban J connectivity index is 1.40. The summed E-state index contributed by atoms with van der Waals surface area (Å²) < 4.78 is 19.8. The first-order valence-electron chi connectivity index (χ1n) is 14.6. The smallest absolute Gasteiger partial charge is 0.306 e. The molecule has 0 amide bonds. The monoisotopic (exact) mass is 543 g/mol. The van der Waals surface area contributed by atoms with Crippen molar-refractivity contribution in [2.45, 2.75) is 89.2 Å². The Kier molecular flexibility index (Phi) is 4.60. The van der Waals surface area contributed by atoms with Crippen molar-refractivity contribution in [3.63, 3.8) is 0 Å². The van der Waals surface area contributed by atoms with Crippen molar-refractivity contribution in [2.75, 3.05) is 19.8 Å². The van der Waals surface area contributed by atoms with Gasteiger partial charge in [-0.15, -0.1) is 11.6 Å². The average molecular weight is 544 g/mol. The van der Waals surface area contributed by atoms with E-state index in [1.165, 1.54) is 0 Å². The molecule has 0 aromatic heterocycles. The number of ketones is 2. The summed E-state index contributed by atoms with van der Waals surface area (Å²) in [6, 6.07) is 0. The van der Waals surface area contributed by atoms with Crippen LogP contribution in [0.1, 0.15) is 66.2 Å². The fourth-order valence-corrected chi connectivity index (χ4v) is 12.4. The molecule has 4 bridgehead atoms. The Hall–Kier alpha value is -1.28. The molecule has 3 aliphatic carbocycles. The van der Waals surface area contributed by atoms with Gasteiger partial charge in [0.25, 0.3) is 0 Å². The van der Waals surface area contributed by atoms with Gasteiger partial charge in [0.15, 0.2) is 5.78 Å². The van der Waals surface area contributed by atoms with Crippen molar-refractivity contribution in [3.8, 4) is 0 Å². The zero-order chi connectivity index (χ0) is 26.6. The van der Waals surface area contributed by atoms with Crippen LogP contribution in [0.3, 0.4) is 0 Å². The molecule has 12 unspecified atom stereocenters. The fourth-order valence-electron chi connectivity index (χ4n) is 11.6. The van der Waals surface area contributed by atoms with Crippen molar-refractivity contribution in [3.05, 3.63) is 11.6 Å². The summed E-state index contributed by atoms with van der Waals surface area (Å²) >= 11 is 7.88.